The van der Waals surface area contributed by atoms with E-state index in [0.717, 1.165) is 4.90 Å². The number of carbonyl (C=O) groups excluding carboxylic acids is 2. The first-order valence-corrected chi connectivity index (χ1v) is 8.22. The third-order valence-electron chi connectivity index (χ3n) is 4.21. The second kappa shape index (κ2) is 7.28. The highest BCUT2D eigenvalue weighted by Crippen LogP contribution is 2.31. The van der Waals surface area contributed by atoms with E-state index >= 15 is 0 Å². The second-order valence-corrected chi connectivity index (χ2v) is 5.76. The normalized spacial score (nSPS) is 13.9. The smallest absolute Gasteiger partial charge is 0.278 e. The maximum Gasteiger partial charge on any atom is 0.278 e. The third kappa shape index (κ3) is 3.37. The Balaban J connectivity index is 2.03. The summed E-state index contributed by atoms with van der Waals surface area (Å²) in [5, 5.41) is 13.8. The van der Waals surface area contributed by atoms with Gasteiger partial charge in [0.2, 0.25) is 0 Å². The molecule has 0 bridgehead atoms. The summed E-state index contributed by atoms with van der Waals surface area (Å²) in [6.07, 6.45) is 0. The molecule has 0 saturated heterocycles. The fraction of sp³-hybridized carbons (Fsp3) is 0.158. The summed E-state index contributed by atoms with van der Waals surface area (Å²) in [4.78, 5) is 36.9. The van der Waals surface area contributed by atoms with Gasteiger partial charge in [-0.15, -0.1) is 0 Å². The van der Waals surface area contributed by atoms with E-state index < -0.39 is 16.7 Å². The van der Waals surface area contributed by atoms with Gasteiger partial charge in [0.1, 0.15) is 11.4 Å². The molecule has 2 aromatic rings. The number of nitro groups is 1. The Kier molecular flexibility index (Phi) is 4.89. The summed E-state index contributed by atoms with van der Waals surface area (Å²) < 4.78 is 5.11. The van der Waals surface area contributed by atoms with Crippen molar-refractivity contribution in [1.29, 1.82) is 0 Å². The van der Waals surface area contributed by atoms with Crippen molar-refractivity contribution in [2.45, 2.75) is 6.92 Å². The molecule has 2 aromatic carbocycles. The second-order valence-electron chi connectivity index (χ2n) is 5.76. The number of nitrogens with one attached hydrogen (secondary N) is 1. The Morgan fingerprint density at radius 2 is 1.67 bits per heavy atom. The average Bonchev–Trinajstić information content (AvgIpc) is 2.91. The van der Waals surface area contributed by atoms with Gasteiger partial charge in [0.25, 0.3) is 17.5 Å². The molecule has 0 spiro atoms. The highest BCUT2D eigenvalue weighted by Gasteiger charge is 2.38. The topological polar surface area (TPSA) is 102 Å². The number of non-ortho nitro benzene ring substituents is 1. The zero-order valence-corrected chi connectivity index (χ0v) is 14.8. The van der Waals surface area contributed by atoms with E-state index in [1.54, 1.807) is 38.3 Å². The van der Waals surface area contributed by atoms with Gasteiger partial charge in [-0.2, -0.15) is 0 Å². The Morgan fingerprint density at radius 1 is 1.04 bits per heavy atom. The molecule has 0 saturated carbocycles. The van der Waals surface area contributed by atoms with Crippen LogP contribution in [0.15, 0.2) is 54.2 Å². The number of rotatable bonds is 6. The summed E-state index contributed by atoms with van der Waals surface area (Å²) in [6, 6.07) is 12.5. The molecule has 8 nitrogen and oxygen atoms in total. The van der Waals surface area contributed by atoms with E-state index in [2.05, 4.69) is 5.32 Å². The first-order valence-electron chi connectivity index (χ1n) is 8.22. The molecule has 0 radical (unpaired) electrons. The lowest BCUT2D eigenvalue weighted by Crippen LogP contribution is -2.32. The first kappa shape index (κ1) is 18.1. The van der Waals surface area contributed by atoms with Gasteiger partial charge in [-0.25, -0.2) is 0 Å². The van der Waals surface area contributed by atoms with Gasteiger partial charge in [0.05, 0.1) is 17.6 Å². The van der Waals surface area contributed by atoms with Crippen LogP contribution in [0.1, 0.15) is 12.5 Å². The van der Waals surface area contributed by atoms with Gasteiger partial charge in [-0.05, 0) is 48.9 Å². The lowest BCUT2D eigenvalue weighted by molar-refractivity contribution is -0.384. The van der Waals surface area contributed by atoms with Crippen LogP contribution in [0.25, 0.3) is 5.57 Å². The molecule has 0 fully saturated rings. The van der Waals surface area contributed by atoms with E-state index in [4.69, 9.17) is 4.74 Å². The molecule has 1 heterocycles. The summed E-state index contributed by atoms with van der Waals surface area (Å²) in [7, 11) is 1.55. The van der Waals surface area contributed by atoms with Gasteiger partial charge < -0.3 is 10.1 Å². The van der Waals surface area contributed by atoms with Gasteiger partial charge in [0.15, 0.2) is 0 Å². The van der Waals surface area contributed by atoms with Crippen molar-refractivity contribution in [1.82, 2.24) is 4.90 Å². The summed E-state index contributed by atoms with van der Waals surface area (Å²) in [5.74, 6) is -0.215. The minimum Gasteiger partial charge on any atom is -0.497 e. The Labute approximate surface area is 155 Å². The van der Waals surface area contributed by atoms with Crippen LogP contribution < -0.4 is 10.1 Å². The van der Waals surface area contributed by atoms with Crippen LogP contribution in [0.3, 0.4) is 0 Å². The van der Waals surface area contributed by atoms with Crippen molar-refractivity contribution in [3.8, 4) is 5.75 Å². The zero-order valence-electron chi connectivity index (χ0n) is 14.8. The molecule has 2 amide bonds. The summed E-state index contributed by atoms with van der Waals surface area (Å²) in [6.45, 7) is 1.93. The fourth-order valence-corrected chi connectivity index (χ4v) is 2.82. The van der Waals surface area contributed by atoms with E-state index in [1.807, 2.05) is 0 Å². The monoisotopic (exact) mass is 367 g/mol. The number of nitro benzene ring substituents is 1. The molecular weight excluding hydrogens is 350 g/mol. The van der Waals surface area contributed by atoms with Crippen molar-refractivity contribution in [2.75, 3.05) is 19.0 Å². The number of amides is 2. The minimum absolute atomic E-state index is 0.0897. The van der Waals surface area contributed by atoms with Crippen LogP contribution in [-0.2, 0) is 9.59 Å². The minimum atomic E-state index is -0.519. The van der Waals surface area contributed by atoms with Crippen molar-refractivity contribution in [3.63, 3.8) is 0 Å². The molecule has 3 rings (SSSR count). The lowest BCUT2D eigenvalue weighted by Gasteiger charge is -2.12. The van der Waals surface area contributed by atoms with Crippen molar-refractivity contribution in [2.24, 2.45) is 0 Å². The molecule has 0 atom stereocenters. The molecule has 1 aliphatic rings. The standard InChI is InChI=1S/C19H17N3O5/c1-3-21-18(23)16(12-4-8-14(9-5-12)22(25)26)17(19(21)24)20-13-6-10-15(27-2)11-7-13/h4-11,20H,3H2,1-2H3. The quantitative estimate of drug-likeness (QED) is 0.478. The Bertz CT molecular complexity index is 933. The predicted octanol–water partition coefficient (Wildman–Crippen LogP) is 2.82. The lowest BCUT2D eigenvalue weighted by atomic mass is 10.0. The van der Waals surface area contributed by atoms with Gasteiger partial charge in [0, 0.05) is 24.4 Å². The molecule has 0 unspecified atom stereocenters. The Morgan fingerprint density at radius 3 is 2.19 bits per heavy atom. The molecular formula is C19H17N3O5. The largest absolute Gasteiger partial charge is 0.497 e. The zero-order chi connectivity index (χ0) is 19.6. The molecule has 138 valence electrons. The highest BCUT2D eigenvalue weighted by atomic mass is 16.6. The van der Waals surface area contributed by atoms with Crippen LogP contribution in [0.4, 0.5) is 11.4 Å². The maximum absolute atomic E-state index is 12.7. The molecule has 0 aliphatic carbocycles. The molecule has 27 heavy (non-hydrogen) atoms. The van der Waals surface area contributed by atoms with Gasteiger partial charge in [-0.1, -0.05) is 0 Å². The van der Waals surface area contributed by atoms with Crippen LogP contribution in [-0.4, -0.2) is 35.3 Å². The molecule has 0 aromatic heterocycles. The number of ether oxygens (including phenoxy) is 1. The molecule has 8 heteroatoms. The van der Waals surface area contributed by atoms with E-state index in [-0.39, 0.29) is 23.5 Å². The van der Waals surface area contributed by atoms with Gasteiger partial charge >= 0.3 is 0 Å². The average molecular weight is 367 g/mol. The number of hydrogen-bond acceptors (Lipinski definition) is 6. The van der Waals surface area contributed by atoms with Crippen LogP contribution >= 0.6 is 0 Å². The van der Waals surface area contributed by atoms with E-state index in [1.165, 1.54) is 24.3 Å². The SMILES string of the molecule is CCN1C(=O)C(Nc2ccc(OC)cc2)=C(c2ccc([N+](=O)[O-])cc2)C1=O. The van der Waals surface area contributed by atoms with Crippen LogP contribution in [0.5, 0.6) is 5.75 Å². The van der Waals surface area contributed by atoms with Crippen LogP contribution in [0, 0.1) is 10.1 Å². The third-order valence-corrected chi connectivity index (χ3v) is 4.21. The molecule has 1 N–H and O–H groups in total. The number of anilines is 1. The number of benzene rings is 2. The number of nitrogens with zero attached hydrogens (tertiary/aromatic N) is 2. The highest BCUT2D eigenvalue weighted by molar-refractivity contribution is 6.36. The number of likely N-dealkylation sites (N-methyl/N-ethyl adjacent to an activating group) is 1. The number of carbonyl (C=O) groups is 2. The van der Waals surface area contributed by atoms with Crippen molar-refractivity contribution in [3.05, 3.63) is 69.9 Å². The Hall–Kier alpha value is -3.68. The fourth-order valence-electron chi connectivity index (χ4n) is 2.82. The van der Waals surface area contributed by atoms with Crippen LogP contribution in [0.2, 0.25) is 0 Å². The number of imide groups is 1. The van der Waals surface area contributed by atoms with E-state index in [0.29, 0.717) is 17.0 Å². The van der Waals surface area contributed by atoms with Crippen molar-refractivity contribution >= 4 is 28.8 Å². The molecule has 1 aliphatic heterocycles. The van der Waals surface area contributed by atoms with Crippen molar-refractivity contribution < 1.29 is 19.2 Å². The number of hydrogen-bond donors (Lipinski definition) is 1. The summed E-state index contributed by atoms with van der Waals surface area (Å²) in [5.41, 5.74) is 1.29. The number of methoxy groups -OCH3 is 1. The van der Waals surface area contributed by atoms with Gasteiger partial charge in [-0.3, -0.25) is 24.6 Å². The predicted molar refractivity (Wildman–Crippen MR) is 99.0 cm³/mol. The maximum atomic E-state index is 12.7. The first-order chi connectivity index (χ1) is 13.0. The van der Waals surface area contributed by atoms with E-state index in [9.17, 15) is 19.7 Å². The summed E-state index contributed by atoms with van der Waals surface area (Å²) >= 11 is 0.